The number of hydrogen-bond donors (Lipinski definition) is 2. The second kappa shape index (κ2) is 7.82. The summed E-state index contributed by atoms with van der Waals surface area (Å²) in [6, 6.07) is 5.42. The molecule has 0 bridgehead atoms. The van der Waals surface area contributed by atoms with Gasteiger partial charge < -0.3 is 10.4 Å². The number of nitrogens with one attached hydrogen (secondary N) is 1. The number of benzene rings is 1. The molecule has 1 atom stereocenters. The largest absolute Gasteiger partial charge is 0.478 e. The van der Waals surface area contributed by atoms with E-state index in [0.717, 1.165) is 24.2 Å². The Balaban J connectivity index is 2.70. The van der Waals surface area contributed by atoms with Gasteiger partial charge in [-0.1, -0.05) is 39.2 Å². The van der Waals surface area contributed by atoms with Gasteiger partial charge in [0.15, 0.2) is 0 Å². The van der Waals surface area contributed by atoms with Gasteiger partial charge in [-0.3, -0.25) is 0 Å². The van der Waals surface area contributed by atoms with Gasteiger partial charge in [-0.15, -0.1) is 0 Å². The molecule has 0 saturated heterocycles. The van der Waals surface area contributed by atoms with Crippen molar-refractivity contribution in [3.05, 3.63) is 29.3 Å². The van der Waals surface area contributed by atoms with E-state index in [9.17, 15) is 9.90 Å². The predicted molar refractivity (Wildman–Crippen MR) is 79.9 cm³/mol. The molecule has 1 rings (SSSR count). The minimum absolute atomic E-state index is 0.357. The van der Waals surface area contributed by atoms with E-state index in [1.807, 2.05) is 19.1 Å². The summed E-state index contributed by atoms with van der Waals surface area (Å²) < 4.78 is 0. The molecule has 0 spiro atoms. The Morgan fingerprint density at radius 1 is 1.37 bits per heavy atom. The van der Waals surface area contributed by atoms with Crippen LogP contribution in [0.15, 0.2) is 18.2 Å². The molecule has 106 valence electrons. The van der Waals surface area contributed by atoms with Crippen LogP contribution in [0.4, 0.5) is 5.69 Å². The van der Waals surface area contributed by atoms with Crippen LogP contribution < -0.4 is 5.32 Å². The lowest BCUT2D eigenvalue weighted by Crippen LogP contribution is -2.15. The highest BCUT2D eigenvalue weighted by Crippen LogP contribution is 2.20. The lowest BCUT2D eigenvalue weighted by molar-refractivity contribution is 0.0698. The first kappa shape index (κ1) is 15.5. The third-order valence-electron chi connectivity index (χ3n) is 3.53. The second-order valence-electron chi connectivity index (χ2n) is 5.15. The maximum absolute atomic E-state index is 11.2. The molecule has 0 saturated carbocycles. The average Bonchev–Trinajstić information content (AvgIpc) is 2.38. The normalized spacial score (nSPS) is 12.2. The fourth-order valence-corrected chi connectivity index (χ4v) is 2.19. The fourth-order valence-electron chi connectivity index (χ4n) is 2.19. The van der Waals surface area contributed by atoms with Gasteiger partial charge >= 0.3 is 5.97 Å². The van der Waals surface area contributed by atoms with Crippen molar-refractivity contribution in [2.75, 3.05) is 11.9 Å². The van der Waals surface area contributed by atoms with Crippen molar-refractivity contribution in [1.29, 1.82) is 0 Å². The van der Waals surface area contributed by atoms with E-state index in [2.05, 4.69) is 19.2 Å². The summed E-state index contributed by atoms with van der Waals surface area (Å²) in [6.45, 7) is 7.21. The van der Waals surface area contributed by atoms with E-state index in [1.54, 1.807) is 6.07 Å². The number of anilines is 1. The van der Waals surface area contributed by atoms with Crippen LogP contribution in [0.5, 0.6) is 0 Å². The van der Waals surface area contributed by atoms with E-state index in [-0.39, 0.29) is 0 Å². The van der Waals surface area contributed by atoms with Crippen molar-refractivity contribution < 1.29 is 9.90 Å². The van der Waals surface area contributed by atoms with Crippen LogP contribution in [0.25, 0.3) is 0 Å². The summed E-state index contributed by atoms with van der Waals surface area (Å²) in [4.78, 5) is 11.2. The third-order valence-corrected chi connectivity index (χ3v) is 3.53. The van der Waals surface area contributed by atoms with Crippen LogP contribution in [0.1, 0.15) is 55.5 Å². The van der Waals surface area contributed by atoms with Crippen LogP contribution in [0.2, 0.25) is 0 Å². The number of hydrogen-bond acceptors (Lipinski definition) is 2. The SMILES string of the molecule is CCCCC(CC)CNc1cc(C)ccc1C(=O)O. The van der Waals surface area contributed by atoms with Gasteiger partial charge in [0.25, 0.3) is 0 Å². The maximum Gasteiger partial charge on any atom is 0.337 e. The highest BCUT2D eigenvalue weighted by atomic mass is 16.4. The van der Waals surface area contributed by atoms with E-state index in [0.29, 0.717) is 11.5 Å². The molecule has 1 unspecified atom stereocenters. The Kier molecular flexibility index (Phi) is 6.40. The number of aryl methyl sites for hydroxylation is 1. The summed E-state index contributed by atoms with van der Waals surface area (Å²) in [7, 11) is 0. The highest BCUT2D eigenvalue weighted by molar-refractivity contribution is 5.94. The monoisotopic (exact) mass is 263 g/mol. The molecular formula is C16H25NO2. The molecule has 1 aromatic rings. The molecule has 0 aliphatic rings. The second-order valence-corrected chi connectivity index (χ2v) is 5.15. The van der Waals surface area contributed by atoms with Gasteiger partial charge in [-0.2, -0.15) is 0 Å². The van der Waals surface area contributed by atoms with Crippen molar-refractivity contribution >= 4 is 11.7 Å². The minimum Gasteiger partial charge on any atom is -0.478 e. The quantitative estimate of drug-likeness (QED) is 0.734. The Hall–Kier alpha value is -1.51. The standard InChI is InChI=1S/C16H25NO2/c1-4-6-7-13(5-2)11-17-15-10-12(3)8-9-14(15)16(18)19/h8-10,13,17H,4-7,11H2,1-3H3,(H,18,19). The molecule has 0 aliphatic carbocycles. The van der Waals surface area contributed by atoms with Gasteiger partial charge in [0, 0.05) is 12.2 Å². The van der Waals surface area contributed by atoms with Crippen molar-refractivity contribution in [2.24, 2.45) is 5.92 Å². The zero-order chi connectivity index (χ0) is 14.3. The topological polar surface area (TPSA) is 49.3 Å². The lowest BCUT2D eigenvalue weighted by Gasteiger charge is -2.17. The summed E-state index contributed by atoms with van der Waals surface area (Å²) in [5.41, 5.74) is 2.17. The number of rotatable bonds is 8. The van der Waals surface area contributed by atoms with E-state index in [1.165, 1.54) is 19.3 Å². The molecule has 2 N–H and O–H groups in total. The van der Waals surface area contributed by atoms with Crippen molar-refractivity contribution in [2.45, 2.75) is 46.5 Å². The molecule has 3 nitrogen and oxygen atoms in total. The van der Waals surface area contributed by atoms with E-state index in [4.69, 9.17) is 0 Å². The zero-order valence-electron chi connectivity index (χ0n) is 12.2. The molecule has 3 heteroatoms. The highest BCUT2D eigenvalue weighted by Gasteiger charge is 2.11. The van der Waals surface area contributed by atoms with Crippen LogP contribution in [0.3, 0.4) is 0 Å². The van der Waals surface area contributed by atoms with Crippen molar-refractivity contribution in [3.63, 3.8) is 0 Å². The van der Waals surface area contributed by atoms with Gasteiger partial charge in [-0.25, -0.2) is 4.79 Å². The first-order valence-electron chi connectivity index (χ1n) is 7.16. The molecule has 0 fully saturated rings. The van der Waals surface area contributed by atoms with Gasteiger partial charge in [0.1, 0.15) is 0 Å². The number of unbranched alkanes of at least 4 members (excludes halogenated alkanes) is 1. The molecule has 0 aliphatic heterocycles. The third kappa shape index (κ3) is 4.93. The van der Waals surface area contributed by atoms with Crippen LogP contribution in [-0.2, 0) is 0 Å². The summed E-state index contributed by atoms with van der Waals surface area (Å²) in [5.74, 6) is -0.258. The molecule has 0 radical (unpaired) electrons. The molecular weight excluding hydrogens is 238 g/mol. The first-order chi connectivity index (χ1) is 9.08. The smallest absolute Gasteiger partial charge is 0.337 e. The van der Waals surface area contributed by atoms with Crippen LogP contribution in [0, 0.1) is 12.8 Å². The average molecular weight is 263 g/mol. The number of carboxylic acid groups (broad SMARTS) is 1. The number of carboxylic acids is 1. The molecule has 0 heterocycles. The van der Waals surface area contributed by atoms with Gasteiger partial charge in [0.2, 0.25) is 0 Å². The summed E-state index contributed by atoms with van der Waals surface area (Å²) >= 11 is 0. The Labute approximate surface area is 116 Å². The van der Waals surface area contributed by atoms with E-state index < -0.39 is 5.97 Å². The minimum atomic E-state index is -0.871. The van der Waals surface area contributed by atoms with Crippen LogP contribution >= 0.6 is 0 Å². The fraction of sp³-hybridized carbons (Fsp3) is 0.562. The van der Waals surface area contributed by atoms with E-state index >= 15 is 0 Å². The predicted octanol–water partition coefficient (Wildman–Crippen LogP) is 4.32. The zero-order valence-corrected chi connectivity index (χ0v) is 12.2. The Morgan fingerprint density at radius 2 is 2.11 bits per heavy atom. The first-order valence-corrected chi connectivity index (χ1v) is 7.16. The van der Waals surface area contributed by atoms with Gasteiger partial charge in [-0.05, 0) is 37.0 Å². The Morgan fingerprint density at radius 3 is 2.68 bits per heavy atom. The van der Waals surface area contributed by atoms with Crippen molar-refractivity contribution in [1.82, 2.24) is 0 Å². The lowest BCUT2D eigenvalue weighted by atomic mass is 9.99. The van der Waals surface area contributed by atoms with Crippen LogP contribution in [-0.4, -0.2) is 17.6 Å². The molecule has 19 heavy (non-hydrogen) atoms. The molecule has 0 amide bonds. The Bertz CT molecular complexity index is 415. The van der Waals surface area contributed by atoms with Crippen molar-refractivity contribution in [3.8, 4) is 0 Å². The molecule has 0 aromatic heterocycles. The summed E-state index contributed by atoms with van der Waals surface area (Å²) in [6.07, 6.45) is 4.77. The number of carbonyl (C=O) groups is 1. The maximum atomic E-state index is 11.2. The number of aromatic carboxylic acids is 1. The summed E-state index contributed by atoms with van der Waals surface area (Å²) in [5, 5.41) is 12.5. The van der Waals surface area contributed by atoms with Gasteiger partial charge in [0.05, 0.1) is 5.56 Å². The molecule has 1 aromatic carbocycles.